The molecule has 0 saturated heterocycles. The Kier molecular flexibility index (Phi) is 4.12. The van der Waals surface area contributed by atoms with Crippen molar-refractivity contribution in [3.05, 3.63) is 52.0 Å². The number of benzene rings is 1. The van der Waals surface area contributed by atoms with Crippen LogP contribution in [0.2, 0.25) is 0 Å². The summed E-state index contributed by atoms with van der Waals surface area (Å²) in [6, 6.07) is 8.75. The number of esters is 1. The summed E-state index contributed by atoms with van der Waals surface area (Å²) in [6.45, 7) is 1.67. The first-order valence-electron chi connectivity index (χ1n) is 6.97. The van der Waals surface area contributed by atoms with Crippen molar-refractivity contribution >= 4 is 23.3 Å². The van der Waals surface area contributed by atoms with Gasteiger partial charge < -0.3 is 15.4 Å². The monoisotopic (exact) mass is 329 g/mol. The lowest BCUT2D eigenvalue weighted by Crippen LogP contribution is -2.45. The fourth-order valence-electron chi connectivity index (χ4n) is 2.42. The predicted octanol–water partition coefficient (Wildman–Crippen LogP) is 2.61. The molecule has 0 radical (unpaired) electrons. The first kappa shape index (κ1) is 15.2. The van der Waals surface area contributed by atoms with Gasteiger partial charge in [-0.2, -0.15) is 0 Å². The Bertz CT molecular complexity index is 783. The van der Waals surface area contributed by atoms with Crippen LogP contribution in [0.4, 0.5) is 4.79 Å². The number of amides is 2. The topological polar surface area (TPSA) is 80.3 Å². The van der Waals surface area contributed by atoms with E-state index in [0.29, 0.717) is 16.3 Å². The summed E-state index contributed by atoms with van der Waals surface area (Å²) in [6.07, 6.45) is 0. The van der Waals surface area contributed by atoms with E-state index in [1.807, 2.05) is 35.7 Å². The number of allylic oxidation sites excluding steroid dienone is 1. The Morgan fingerprint density at radius 3 is 2.74 bits per heavy atom. The Labute approximate surface area is 137 Å². The molecule has 7 heteroatoms. The minimum absolute atomic E-state index is 0.362. The molecule has 0 spiro atoms. The molecule has 1 unspecified atom stereocenters. The van der Waals surface area contributed by atoms with Gasteiger partial charge in [0, 0.05) is 16.6 Å². The smallest absolute Gasteiger partial charge is 0.338 e. The van der Waals surface area contributed by atoms with Crippen molar-refractivity contribution in [2.24, 2.45) is 0 Å². The number of aromatic nitrogens is 1. The summed E-state index contributed by atoms with van der Waals surface area (Å²) in [7, 11) is 1.31. The van der Waals surface area contributed by atoms with Crippen molar-refractivity contribution in [3.8, 4) is 11.3 Å². The minimum atomic E-state index is -0.612. The standard InChI is InChI=1S/C16H15N3O3S/c1-9-12(15(20)22-2)13(19-16(21)17-9)14-18-11(8-23-14)10-6-4-3-5-7-10/h3-8,13H,1-2H3,(H2,17,19,21). The van der Waals surface area contributed by atoms with E-state index in [2.05, 4.69) is 15.6 Å². The first-order chi connectivity index (χ1) is 11.1. The lowest BCUT2D eigenvalue weighted by Gasteiger charge is -2.25. The molecule has 0 fully saturated rings. The number of urea groups is 1. The van der Waals surface area contributed by atoms with Crippen molar-refractivity contribution in [1.82, 2.24) is 15.6 Å². The van der Waals surface area contributed by atoms with Gasteiger partial charge in [-0.05, 0) is 6.92 Å². The molecule has 1 aromatic heterocycles. The van der Waals surface area contributed by atoms with Crippen molar-refractivity contribution in [3.63, 3.8) is 0 Å². The van der Waals surface area contributed by atoms with E-state index in [9.17, 15) is 9.59 Å². The Balaban J connectivity index is 1.99. The minimum Gasteiger partial charge on any atom is -0.466 e. The van der Waals surface area contributed by atoms with Gasteiger partial charge in [0.25, 0.3) is 0 Å². The largest absolute Gasteiger partial charge is 0.466 e. The Hall–Kier alpha value is -2.67. The van der Waals surface area contributed by atoms with Crippen molar-refractivity contribution < 1.29 is 14.3 Å². The van der Waals surface area contributed by atoms with E-state index in [4.69, 9.17) is 4.74 Å². The van der Waals surface area contributed by atoms with Gasteiger partial charge in [0.05, 0.1) is 18.4 Å². The number of thiazole rings is 1. The third-order valence-electron chi connectivity index (χ3n) is 3.51. The van der Waals surface area contributed by atoms with Crippen LogP contribution in [0.3, 0.4) is 0 Å². The molecule has 0 aliphatic carbocycles. The molecular formula is C16H15N3O3S. The van der Waals surface area contributed by atoms with Crippen LogP contribution < -0.4 is 10.6 Å². The Morgan fingerprint density at radius 2 is 2.04 bits per heavy atom. The number of ether oxygens (including phenoxy) is 1. The molecule has 2 heterocycles. The van der Waals surface area contributed by atoms with E-state index >= 15 is 0 Å². The quantitative estimate of drug-likeness (QED) is 0.848. The van der Waals surface area contributed by atoms with E-state index < -0.39 is 12.0 Å². The molecule has 0 bridgehead atoms. The van der Waals surface area contributed by atoms with Crippen LogP contribution in [0.25, 0.3) is 11.3 Å². The number of methoxy groups -OCH3 is 1. The number of nitrogens with one attached hydrogen (secondary N) is 2. The molecule has 23 heavy (non-hydrogen) atoms. The molecular weight excluding hydrogens is 314 g/mol. The number of hydrogen-bond acceptors (Lipinski definition) is 5. The van der Waals surface area contributed by atoms with Gasteiger partial charge >= 0.3 is 12.0 Å². The van der Waals surface area contributed by atoms with Gasteiger partial charge in [0.15, 0.2) is 0 Å². The lowest BCUT2D eigenvalue weighted by atomic mass is 10.0. The third-order valence-corrected chi connectivity index (χ3v) is 4.42. The van der Waals surface area contributed by atoms with Gasteiger partial charge in [-0.1, -0.05) is 30.3 Å². The van der Waals surface area contributed by atoms with Crippen LogP contribution in [0, 0.1) is 0 Å². The van der Waals surface area contributed by atoms with Gasteiger partial charge in [-0.25, -0.2) is 14.6 Å². The molecule has 2 N–H and O–H groups in total. The molecule has 118 valence electrons. The zero-order valence-corrected chi connectivity index (χ0v) is 13.4. The summed E-state index contributed by atoms with van der Waals surface area (Å²) < 4.78 is 4.83. The van der Waals surface area contributed by atoms with Gasteiger partial charge in [-0.15, -0.1) is 11.3 Å². The van der Waals surface area contributed by atoms with Crippen LogP contribution in [0.15, 0.2) is 47.0 Å². The number of carbonyl (C=O) groups is 2. The van der Waals surface area contributed by atoms with Gasteiger partial charge in [0.1, 0.15) is 11.0 Å². The molecule has 1 atom stereocenters. The average Bonchev–Trinajstić information content (AvgIpc) is 3.04. The zero-order chi connectivity index (χ0) is 16.4. The van der Waals surface area contributed by atoms with Crippen LogP contribution in [-0.4, -0.2) is 24.1 Å². The normalized spacial score (nSPS) is 17.5. The molecule has 1 aliphatic rings. The van der Waals surface area contributed by atoms with Crippen molar-refractivity contribution in [2.45, 2.75) is 13.0 Å². The summed E-state index contributed by atoms with van der Waals surface area (Å²) in [5.74, 6) is -0.489. The molecule has 0 saturated carbocycles. The van der Waals surface area contributed by atoms with Crippen LogP contribution in [-0.2, 0) is 9.53 Å². The maximum Gasteiger partial charge on any atom is 0.338 e. The van der Waals surface area contributed by atoms with E-state index in [1.165, 1.54) is 18.4 Å². The van der Waals surface area contributed by atoms with Crippen molar-refractivity contribution in [2.75, 3.05) is 7.11 Å². The van der Waals surface area contributed by atoms with E-state index in [0.717, 1.165) is 11.3 Å². The maximum atomic E-state index is 12.0. The maximum absolute atomic E-state index is 12.0. The van der Waals surface area contributed by atoms with Gasteiger partial charge in [0.2, 0.25) is 0 Å². The number of nitrogens with zero attached hydrogens (tertiary/aromatic N) is 1. The first-order valence-corrected chi connectivity index (χ1v) is 7.85. The summed E-state index contributed by atoms with van der Waals surface area (Å²) >= 11 is 1.39. The SMILES string of the molecule is COC(=O)C1=C(C)NC(=O)NC1c1nc(-c2ccccc2)cs1. The highest BCUT2D eigenvalue weighted by Crippen LogP contribution is 2.32. The average molecular weight is 329 g/mol. The molecule has 6 nitrogen and oxygen atoms in total. The van der Waals surface area contributed by atoms with Crippen LogP contribution >= 0.6 is 11.3 Å². The lowest BCUT2D eigenvalue weighted by molar-refractivity contribution is -0.136. The second-order valence-electron chi connectivity index (χ2n) is 5.00. The third kappa shape index (κ3) is 2.95. The molecule has 2 aromatic rings. The number of hydrogen-bond donors (Lipinski definition) is 2. The number of rotatable bonds is 3. The summed E-state index contributed by atoms with van der Waals surface area (Å²) in [4.78, 5) is 28.4. The summed E-state index contributed by atoms with van der Waals surface area (Å²) in [5, 5.41) is 7.86. The second kappa shape index (κ2) is 6.21. The molecule has 1 aromatic carbocycles. The molecule has 3 rings (SSSR count). The number of carbonyl (C=O) groups excluding carboxylic acids is 2. The Morgan fingerprint density at radius 1 is 1.30 bits per heavy atom. The highest BCUT2D eigenvalue weighted by molar-refractivity contribution is 7.10. The molecule has 2 amide bonds. The highest BCUT2D eigenvalue weighted by Gasteiger charge is 2.33. The zero-order valence-electron chi connectivity index (χ0n) is 12.6. The van der Waals surface area contributed by atoms with E-state index in [-0.39, 0.29) is 6.03 Å². The fourth-order valence-corrected chi connectivity index (χ4v) is 3.31. The van der Waals surface area contributed by atoms with Crippen LogP contribution in [0.5, 0.6) is 0 Å². The highest BCUT2D eigenvalue weighted by atomic mass is 32.1. The summed E-state index contributed by atoms with van der Waals surface area (Å²) in [5.41, 5.74) is 2.62. The fraction of sp³-hybridized carbons (Fsp3) is 0.188. The van der Waals surface area contributed by atoms with E-state index in [1.54, 1.807) is 6.92 Å². The predicted molar refractivity (Wildman–Crippen MR) is 86.7 cm³/mol. The van der Waals surface area contributed by atoms with Crippen molar-refractivity contribution in [1.29, 1.82) is 0 Å². The molecule has 1 aliphatic heterocycles. The van der Waals surface area contributed by atoms with Gasteiger partial charge in [-0.3, -0.25) is 0 Å². The van der Waals surface area contributed by atoms with Crippen LogP contribution in [0.1, 0.15) is 18.0 Å². The second-order valence-corrected chi connectivity index (χ2v) is 5.89.